The van der Waals surface area contributed by atoms with Crippen LogP contribution >= 0.6 is 11.6 Å². The highest BCUT2D eigenvalue weighted by molar-refractivity contribution is 6.31. The molecule has 108 valence electrons. The second-order valence-corrected chi connectivity index (χ2v) is 5.14. The normalized spacial score (nSPS) is 13.8. The molecule has 2 N–H and O–H groups in total. The van der Waals surface area contributed by atoms with E-state index in [9.17, 15) is 9.18 Å². The molecule has 0 aromatic heterocycles. The highest BCUT2D eigenvalue weighted by Crippen LogP contribution is 2.35. The van der Waals surface area contributed by atoms with Crippen molar-refractivity contribution in [2.45, 2.75) is 6.54 Å². The molecule has 0 aliphatic carbocycles. The van der Waals surface area contributed by atoms with Crippen molar-refractivity contribution in [1.29, 1.82) is 0 Å². The molecule has 1 aliphatic heterocycles. The first-order valence-electron chi connectivity index (χ1n) is 6.32. The smallest absolute Gasteiger partial charge is 0.265 e. The van der Waals surface area contributed by atoms with Crippen molar-refractivity contribution < 1.29 is 13.9 Å². The van der Waals surface area contributed by atoms with Gasteiger partial charge in [0.25, 0.3) is 5.91 Å². The molecule has 0 saturated heterocycles. The highest BCUT2D eigenvalue weighted by atomic mass is 35.5. The van der Waals surface area contributed by atoms with Gasteiger partial charge < -0.3 is 15.4 Å². The summed E-state index contributed by atoms with van der Waals surface area (Å²) in [6, 6.07) is 9.71. The number of fused-ring (bicyclic) bond motifs is 1. The fourth-order valence-corrected chi connectivity index (χ4v) is 2.41. The van der Waals surface area contributed by atoms with Crippen molar-refractivity contribution in [1.82, 2.24) is 0 Å². The topological polar surface area (TPSA) is 55.6 Å². The largest absolute Gasteiger partial charge is 0.482 e. The third-order valence-electron chi connectivity index (χ3n) is 3.30. The molecular formula is C15H12ClFN2O2. The van der Waals surface area contributed by atoms with E-state index in [1.807, 2.05) is 0 Å². The number of benzene rings is 2. The van der Waals surface area contributed by atoms with Crippen molar-refractivity contribution in [3.05, 3.63) is 52.8 Å². The molecule has 0 spiro atoms. The monoisotopic (exact) mass is 306 g/mol. The van der Waals surface area contributed by atoms with Gasteiger partial charge in [-0.05, 0) is 24.3 Å². The number of ether oxygens (including phenoxy) is 1. The zero-order valence-electron chi connectivity index (χ0n) is 11.0. The van der Waals surface area contributed by atoms with E-state index < -0.39 is 5.82 Å². The van der Waals surface area contributed by atoms with Crippen molar-refractivity contribution >= 4 is 28.9 Å². The number of halogens is 2. The third-order valence-corrected chi connectivity index (χ3v) is 3.54. The Morgan fingerprint density at radius 1 is 1.33 bits per heavy atom. The van der Waals surface area contributed by atoms with Gasteiger partial charge in [0.15, 0.2) is 12.4 Å². The Kier molecular flexibility index (Phi) is 3.43. The molecule has 1 aliphatic rings. The van der Waals surface area contributed by atoms with E-state index in [1.54, 1.807) is 30.3 Å². The molecule has 2 aromatic carbocycles. The highest BCUT2D eigenvalue weighted by Gasteiger charge is 2.26. The number of carbonyl (C=O) groups is 1. The molecule has 2 aromatic rings. The van der Waals surface area contributed by atoms with Gasteiger partial charge in [-0.2, -0.15) is 0 Å². The Labute approximate surface area is 125 Å². The minimum atomic E-state index is -0.514. The zero-order valence-corrected chi connectivity index (χ0v) is 11.7. The summed E-state index contributed by atoms with van der Waals surface area (Å²) in [7, 11) is 0. The molecule has 0 radical (unpaired) electrons. The van der Waals surface area contributed by atoms with Crippen LogP contribution in [0, 0.1) is 5.82 Å². The van der Waals surface area contributed by atoms with E-state index >= 15 is 0 Å². The maximum absolute atomic E-state index is 14.0. The maximum atomic E-state index is 14.0. The van der Waals surface area contributed by atoms with Crippen LogP contribution in [-0.2, 0) is 11.3 Å². The number of carbonyl (C=O) groups excluding carboxylic acids is 1. The van der Waals surface area contributed by atoms with Crippen LogP contribution in [0.4, 0.5) is 15.8 Å². The van der Waals surface area contributed by atoms with Gasteiger partial charge in [0.1, 0.15) is 5.75 Å². The number of amides is 1. The Morgan fingerprint density at radius 3 is 2.95 bits per heavy atom. The van der Waals surface area contributed by atoms with Gasteiger partial charge >= 0.3 is 0 Å². The first-order valence-corrected chi connectivity index (χ1v) is 6.69. The molecule has 6 heteroatoms. The summed E-state index contributed by atoms with van der Waals surface area (Å²) in [5.74, 6) is -0.227. The van der Waals surface area contributed by atoms with Crippen molar-refractivity contribution in [3.63, 3.8) is 0 Å². The molecule has 3 rings (SSSR count). The fraction of sp³-hybridized carbons (Fsp3) is 0.133. The predicted octanol–water partition coefficient (Wildman–Crippen LogP) is 2.99. The van der Waals surface area contributed by atoms with Crippen LogP contribution in [-0.4, -0.2) is 12.5 Å². The van der Waals surface area contributed by atoms with E-state index in [1.165, 1.54) is 11.0 Å². The minimum Gasteiger partial charge on any atom is -0.482 e. The summed E-state index contributed by atoms with van der Waals surface area (Å²) >= 11 is 5.96. The minimum absolute atomic E-state index is 0.0551. The summed E-state index contributed by atoms with van der Waals surface area (Å²) in [5, 5.41) is 0.477. The lowest BCUT2D eigenvalue weighted by Gasteiger charge is -2.29. The van der Waals surface area contributed by atoms with Crippen LogP contribution in [0.2, 0.25) is 5.02 Å². The average molecular weight is 307 g/mol. The summed E-state index contributed by atoms with van der Waals surface area (Å²) in [5.41, 5.74) is 6.48. The first kappa shape index (κ1) is 13.7. The van der Waals surface area contributed by atoms with Gasteiger partial charge in [-0.15, -0.1) is 0 Å². The molecule has 0 saturated carbocycles. The van der Waals surface area contributed by atoms with E-state index in [0.717, 1.165) is 0 Å². The predicted molar refractivity (Wildman–Crippen MR) is 78.9 cm³/mol. The zero-order chi connectivity index (χ0) is 15.0. The molecule has 0 bridgehead atoms. The number of nitrogen functional groups attached to an aromatic ring is 1. The lowest BCUT2D eigenvalue weighted by molar-refractivity contribution is -0.121. The second-order valence-electron chi connectivity index (χ2n) is 4.70. The van der Waals surface area contributed by atoms with E-state index in [4.69, 9.17) is 22.1 Å². The lowest BCUT2D eigenvalue weighted by atomic mass is 10.1. The molecule has 0 atom stereocenters. The van der Waals surface area contributed by atoms with Crippen molar-refractivity contribution in [3.8, 4) is 5.75 Å². The van der Waals surface area contributed by atoms with Crippen LogP contribution in [0.25, 0.3) is 0 Å². The Balaban J connectivity index is 2.00. The third kappa shape index (κ3) is 2.52. The molecule has 0 fully saturated rings. The van der Waals surface area contributed by atoms with Crippen LogP contribution in [0.15, 0.2) is 36.4 Å². The average Bonchev–Trinajstić information content (AvgIpc) is 2.46. The summed E-state index contributed by atoms with van der Waals surface area (Å²) < 4.78 is 19.4. The number of nitrogens with zero attached hydrogens (tertiary/aromatic N) is 1. The number of rotatable bonds is 2. The van der Waals surface area contributed by atoms with Gasteiger partial charge in [0.05, 0.1) is 17.9 Å². The Hall–Kier alpha value is -2.27. The van der Waals surface area contributed by atoms with Gasteiger partial charge in [-0.25, -0.2) is 4.39 Å². The second kappa shape index (κ2) is 5.26. The van der Waals surface area contributed by atoms with Crippen LogP contribution < -0.4 is 15.4 Å². The number of hydrogen-bond acceptors (Lipinski definition) is 3. The molecule has 0 unspecified atom stereocenters. The molecule has 4 nitrogen and oxygen atoms in total. The first-order chi connectivity index (χ1) is 10.1. The van der Waals surface area contributed by atoms with Gasteiger partial charge in [-0.3, -0.25) is 4.79 Å². The Bertz CT molecular complexity index is 721. The molecule has 21 heavy (non-hydrogen) atoms. The summed E-state index contributed by atoms with van der Waals surface area (Å²) in [4.78, 5) is 13.5. The maximum Gasteiger partial charge on any atom is 0.265 e. The lowest BCUT2D eigenvalue weighted by Crippen LogP contribution is -2.38. The molecular weight excluding hydrogens is 295 g/mol. The van der Waals surface area contributed by atoms with E-state index in [0.29, 0.717) is 22.0 Å². The summed E-state index contributed by atoms with van der Waals surface area (Å²) in [6.07, 6.45) is 0. The van der Waals surface area contributed by atoms with Crippen LogP contribution in [0.1, 0.15) is 5.56 Å². The number of nitrogens with two attached hydrogens (primary N) is 1. The van der Waals surface area contributed by atoms with Crippen molar-refractivity contribution in [2.24, 2.45) is 0 Å². The molecule has 1 heterocycles. The Morgan fingerprint density at radius 2 is 2.14 bits per heavy atom. The quantitative estimate of drug-likeness (QED) is 0.868. The SMILES string of the molecule is Nc1cccc(CN2C(=O)COc3ccc(Cl)cc32)c1F. The standard InChI is InChI=1S/C15H12ClFN2O2/c16-10-4-5-13-12(6-10)19(14(20)8-21-13)7-9-2-1-3-11(18)15(9)17/h1-6H,7-8,18H2. The molecule has 1 amide bonds. The summed E-state index contributed by atoms with van der Waals surface area (Å²) in [6.45, 7) is -0.00895. The van der Waals surface area contributed by atoms with Gasteiger partial charge in [-0.1, -0.05) is 23.7 Å². The number of hydrogen-bond donors (Lipinski definition) is 1. The van der Waals surface area contributed by atoms with Crippen LogP contribution in [0.5, 0.6) is 5.75 Å². The van der Waals surface area contributed by atoms with Crippen LogP contribution in [0.3, 0.4) is 0 Å². The van der Waals surface area contributed by atoms with E-state index in [2.05, 4.69) is 0 Å². The van der Waals surface area contributed by atoms with E-state index in [-0.39, 0.29) is 24.7 Å². The van der Waals surface area contributed by atoms with Gasteiger partial charge in [0, 0.05) is 10.6 Å². The van der Waals surface area contributed by atoms with Gasteiger partial charge in [0.2, 0.25) is 0 Å². The fourth-order valence-electron chi connectivity index (χ4n) is 2.24. The number of anilines is 2. The van der Waals surface area contributed by atoms with Crippen molar-refractivity contribution in [2.75, 3.05) is 17.2 Å².